The van der Waals surface area contributed by atoms with Crippen LogP contribution in [0.3, 0.4) is 0 Å². The van der Waals surface area contributed by atoms with Crippen LogP contribution in [0.4, 0.5) is 0 Å². The monoisotopic (exact) mass is 216 g/mol. The number of carboxylic acids is 1. The zero-order valence-corrected chi connectivity index (χ0v) is 9.34. The summed E-state index contributed by atoms with van der Waals surface area (Å²) < 4.78 is 0. The highest BCUT2D eigenvalue weighted by molar-refractivity contribution is 5.87. The van der Waals surface area contributed by atoms with Gasteiger partial charge in [-0.05, 0) is 24.5 Å². The third-order valence-electron chi connectivity index (χ3n) is 2.17. The quantitative estimate of drug-likeness (QED) is 0.729. The smallest absolute Gasteiger partial charge is 0.335 e. The first-order valence-corrected chi connectivity index (χ1v) is 5.32. The van der Waals surface area contributed by atoms with E-state index < -0.39 is 5.97 Å². The van der Waals surface area contributed by atoms with E-state index in [0.717, 1.165) is 6.42 Å². The van der Waals surface area contributed by atoms with E-state index in [9.17, 15) is 4.79 Å². The van der Waals surface area contributed by atoms with E-state index in [-0.39, 0.29) is 0 Å². The van der Waals surface area contributed by atoms with Crippen LogP contribution < -0.4 is 0 Å². The molecular weight excluding hydrogens is 200 g/mol. The van der Waals surface area contributed by atoms with Gasteiger partial charge in [-0.3, -0.25) is 0 Å². The summed E-state index contributed by atoms with van der Waals surface area (Å²) in [5.41, 5.74) is 0.331. The fourth-order valence-electron chi connectivity index (χ4n) is 1.31. The third kappa shape index (κ3) is 4.60. The van der Waals surface area contributed by atoms with Crippen molar-refractivity contribution in [3.63, 3.8) is 0 Å². The number of benzene rings is 1. The Balaban J connectivity index is 0.000000165. The summed E-state index contributed by atoms with van der Waals surface area (Å²) >= 11 is 0. The molecule has 0 atom stereocenters. The highest BCUT2D eigenvalue weighted by atomic mass is 16.4. The van der Waals surface area contributed by atoms with Crippen LogP contribution in [0.5, 0.6) is 0 Å². The fraction of sp³-hybridized carbons (Fsp3) is 0.214. The molecule has 0 heterocycles. The van der Waals surface area contributed by atoms with Gasteiger partial charge >= 0.3 is 5.97 Å². The molecule has 1 aliphatic carbocycles. The molecule has 0 unspecified atom stereocenters. The molecule has 2 nitrogen and oxygen atoms in total. The van der Waals surface area contributed by atoms with E-state index in [1.165, 1.54) is 0 Å². The average molecular weight is 216 g/mol. The molecule has 0 bridgehead atoms. The zero-order chi connectivity index (χ0) is 11.8. The van der Waals surface area contributed by atoms with Crippen molar-refractivity contribution in [2.75, 3.05) is 0 Å². The SMILES string of the molecule is CC1C=CCC=C1.O=C(O)c1ccccc1. The maximum atomic E-state index is 10.2. The van der Waals surface area contributed by atoms with Crippen molar-refractivity contribution in [2.24, 2.45) is 5.92 Å². The van der Waals surface area contributed by atoms with Crippen molar-refractivity contribution in [3.05, 3.63) is 60.2 Å². The molecule has 1 aromatic carbocycles. The van der Waals surface area contributed by atoms with Crippen LogP contribution in [-0.2, 0) is 0 Å². The lowest BCUT2D eigenvalue weighted by Crippen LogP contribution is -1.93. The highest BCUT2D eigenvalue weighted by Gasteiger charge is 1.96. The number of aromatic carboxylic acids is 1. The minimum absolute atomic E-state index is 0.331. The molecule has 0 radical (unpaired) electrons. The lowest BCUT2D eigenvalue weighted by molar-refractivity contribution is 0.0697. The standard InChI is InChI=1S/C7H6O2.C7H10/c8-7(9)6-4-2-1-3-5-6;1-7-5-3-2-4-6-7/h1-5H,(H,8,9);3-7H,2H2,1H3. The molecule has 0 saturated carbocycles. The Hall–Kier alpha value is -1.83. The third-order valence-corrected chi connectivity index (χ3v) is 2.17. The van der Waals surface area contributed by atoms with E-state index in [0.29, 0.717) is 11.5 Å². The van der Waals surface area contributed by atoms with Crippen LogP contribution in [0.2, 0.25) is 0 Å². The van der Waals surface area contributed by atoms with E-state index in [2.05, 4.69) is 31.2 Å². The molecular formula is C14H16O2. The summed E-state index contributed by atoms with van der Waals surface area (Å²) in [7, 11) is 0. The first-order valence-electron chi connectivity index (χ1n) is 5.32. The van der Waals surface area contributed by atoms with Crippen molar-refractivity contribution >= 4 is 5.97 Å². The van der Waals surface area contributed by atoms with Crippen LogP contribution >= 0.6 is 0 Å². The number of hydrogen-bond acceptors (Lipinski definition) is 1. The van der Waals surface area contributed by atoms with Gasteiger partial charge in [-0.1, -0.05) is 49.4 Å². The number of rotatable bonds is 1. The van der Waals surface area contributed by atoms with Gasteiger partial charge < -0.3 is 5.11 Å². The lowest BCUT2D eigenvalue weighted by Gasteiger charge is -1.99. The van der Waals surface area contributed by atoms with Gasteiger partial charge in [-0.2, -0.15) is 0 Å². The molecule has 1 N–H and O–H groups in total. The molecule has 1 aliphatic rings. The maximum absolute atomic E-state index is 10.2. The molecule has 0 fully saturated rings. The summed E-state index contributed by atoms with van der Waals surface area (Å²) in [5.74, 6) is -0.204. The topological polar surface area (TPSA) is 37.3 Å². The second kappa shape index (κ2) is 6.62. The minimum Gasteiger partial charge on any atom is -0.478 e. The van der Waals surface area contributed by atoms with Crippen molar-refractivity contribution in [1.29, 1.82) is 0 Å². The van der Waals surface area contributed by atoms with Gasteiger partial charge in [-0.15, -0.1) is 0 Å². The van der Waals surface area contributed by atoms with Gasteiger partial charge in [0.2, 0.25) is 0 Å². The molecule has 84 valence electrons. The van der Waals surface area contributed by atoms with Crippen molar-refractivity contribution in [3.8, 4) is 0 Å². The van der Waals surface area contributed by atoms with Crippen molar-refractivity contribution < 1.29 is 9.90 Å². The molecule has 0 spiro atoms. The van der Waals surface area contributed by atoms with Crippen LogP contribution in [-0.4, -0.2) is 11.1 Å². The van der Waals surface area contributed by atoms with Gasteiger partial charge in [-0.25, -0.2) is 4.79 Å². The first-order chi connectivity index (χ1) is 7.70. The Labute approximate surface area is 95.9 Å². The lowest BCUT2D eigenvalue weighted by atomic mass is 10.1. The summed E-state index contributed by atoms with van der Waals surface area (Å²) in [5, 5.41) is 8.38. The normalized spacial score (nSPS) is 14.1. The van der Waals surface area contributed by atoms with E-state index >= 15 is 0 Å². The molecule has 1 aromatic rings. The largest absolute Gasteiger partial charge is 0.478 e. The van der Waals surface area contributed by atoms with Gasteiger partial charge in [0, 0.05) is 0 Å². The number of allylic oxidation sites excluding steroid dienone is 4. The molecule has 0 aliphatic heterocycles. The number of carboxylic acid groups (broad SMARTS) is 1. The zero-order valence-electron chi connectivity index (χ0n) is 9.34. The van der Waals surface area contributed by atoms with Gasteiger partial charge in [0.15, 0.2) is 0 Å². The minimum atomic E-state index is -0.879. The summed E-state index contributed by atoms with van der Waals surface area (Å²) in [6.07, 6.45) is 9.97. The number of hydrogen-bond donors (Lipinski definition) is 1. The van der Waals surface area contributed by atoms with Crippen molar-refractivity contribution in [1.82, 2.24) is 0 Å². The average Bonchev–Trinajstić information content (AvgIpc) is 2.32. The predicted molar refractivity (Wildman–Crippen MR) is 65.5 cm³/mol. The molecule has 0 saturated heterocycles. The van der Waals surface area contributed by atoms with Gasteiger partial charge in [0.1, 0.15) is 0 Å². The van der Waals surface area contributed by atoms with E-state index in [4.69, 9.17) is 5.11 Å². The molecule has 2 rings (SSSR count). The second-order valence-electron chi connectivity index (χ2n) is 3.62. The van der Waals surface area contributed by atoms with Gasteiger partial charge in [0.05, 0.1) is 5.56 Å². The first kappa shape index (κ1) is 12.2. The Morgan fingerprint density at radius 3 is 2.06 bits per heavy atom. The second-order valence-corrected chi connectivity index (χ2v) is 3.62. The molecule has 2 heteroatoms. The van der Waals surface area contributed by atoms with Crippen LogP contribution in [0, 0.1) is 5.92 Å². The Kier molecular flexibility index (Phi) is 5.06. The maximum Gasteiger partial charge on any atom is 0.335 e. The summed E-state index contributed by atoms with van der Waals surface area (Å²) in [6, 6.07) is 8.30. The van der Waals surface area contributed by atoms with E-state index in [1.54, 1.807) is 30.3 Å². The molecule has 0 amide bonds. The Bertz CT molecular complexity index is 365. The summed E-state index contributed by atoms with van der Waals surface area (Å²) in [6.45, 7) is 2.19. The predicted octanol–water partition coefficient (Wildman–Crippen LogP) is 3.52. The fourth-order valence-corrected chi connectivity index (χ4v) is 1.31. The number of carbonyl (C=O) groups is 1. The molecule has 0 aromatic heterocycles. The van der Waals surface area contributed by atoms with Gasteiger partial charge in [0.25, 0.3) is 0 Å². The highest BCUT2D eigenvalue weighted by Crippen LogP contribution is 2.06. The van der Waals surface area contributed by atoms with Crippen LogP contribution in [0.25, 0.3) is 0 Å². The van der Waals surface area contributed by atoms with Crippen LogP contribution in [0.1, 0.15) is 23.7 Å². The molecule has 16 heavy (non-hydrogen) atoms. The Morgan fingerprint density at radius 2 is 1.75 bits per heavy atom. The van der Waals surface area contributed by atoms with E-state index in [1.807, 2.05) is 0 Å². The van der Waals surface area contributed by atoms with Crippen molar-refractivity contribution in [2.45, 2.75) is 13.3 Å². The van der Waals surface area contributed by atoms with Crippen LogP contribution in [0.15, 0.2) is 54.6 Å². The Morgan fingerprint density at radius 1 is 1.19 bits per heavy atom. The summed E-state index contributed by atoms with van der Waals surface area (Å²) in [4.78, 5) is 10.2.